The molecule has 4 nitrogen and oxygen atoms in total. The Morgan fingerprint density at radius 1 is 1.20 bits per heavy atom. The van der Waals surface area contributed by atoms with Gasteiger partial charge >= 0.3 is 6.18 Å². The number of nitrogens with zero attached hydrogens (tertiary/aromatic N) is 3. The Labute approximate surface area is 158 Å². The third-order valence-corrected chi connectivity index (χ3v) is 4.01. The molecule has 0 atom stereocenters. The number of aromatic nitrogens is 2. The summed E-state index contributed by atoms with van der Waals surface area (Å²) in [5.74, 6) is -0.177. The first-order valence-corrected chi connectivity index (χ1v) is 8.90. The van der Waals surface area contributed by atoms with E-state index in [1.807, 2.05) is 45.0 Å². The molecule has 0 saturated heterocycles. The molecule has 0 aliphatic carbocycles. The zero-order valence-corrected chi connectivity index (χ0v) is 16.3. The van der Waals surface area contributed by atoms with Crippen LogP contribution in [0.2, 0.25) is 0 Å². The van der Waals surface area contributed by atoms with Crippen LogP contribution in [-0.4, -0.2) is 23.1 Å². The molecule has 25 heavy (non-hydrogen) atoms. The summed E-state index contributed by atoms with van der Waals surface area (Å²) >= 11 is 2.19. The Hall–Kier alpha value is -1.58. The third-order valence-electron chi connectivity index (χ3n) is 3.30. The lowest BCUT2D eigenvalue weighted by atomic mass is 10.2. The average Bonchev–Trinajstić information content (AvgIpc) is 2.54. The third kappa shape index (κ3) is 5.20. The molecule has 0 fully saturated rings. The number of rotatable bonds is 6. The summed E-state index contributed by atoms with van der Waals surface area (Å²) in [4.78, 5) is 9.70. The van der Waals surface area contributed by atoms with Gasteiger partial charge in [0.2, 0.25) is 11.8 Å². The van der Waals surface area contributed by atoms with Gasteiger partial charge in [0.15, 0.2) is 0 Å². The highest BCUT2D eigenvalue weighted by molar-refractivity contribution is 14.1. The Bertz CT molecular complexity index is 705. The van der Waals surface area contributed by atoms with Crippen molar-refractivity contribution < 1.29 is 17.9 Å². The highest BCUT2D eigenvalue weighted by Gasteiger charge is 2.36. The van der Waals surface area contributed by atoms with Gasteiger partial charge < -0.3 is 9.64 Å². The standard InChI is InChI=1S/C17H19F3IN3O/c1-4-24(13-7-5-12(21)6-8-13)16-22-9-14(17(18,19)20)15(23-16)25-10-11(2)3/h5-9,11H,4,10H2,1-3H3. The molecule has 2 rings (SSSR count). The van der Waals surface area contributed by atoms with Gasteiger partial charge in [-0.25, -0.2) is 4.98 Å². The molecule has 0 radical (unpaired) electrons. The van der Waals surface area contributed by atoms with Gasteiger partial charge in [0.05, 0.1) is 6.61 Å². The Balaban J connectivity index is 2.42. The lowest BCUT2D eigenvalue weighted by molar-refractivity contribution is -0.139. The Kier molecular flexibility index (Phi) is 6.47. The molecule has 0 spiro atoms. The van der Waals surface area contributed by atoms with Crippen LogP contribution < -0.4 is 9.64 Å². The summed E-state index contributed by atoms with van der Waals surface area (Å²) in [6.45, 7) is 6.26. The van der Waals surface area contributed by atoms with Crippen LogP contribution in [-0.2, 0) is 6.18 Å². The van der Waals surface area contributed by atoms with Gasteiger partial charge in [0, 0.05) is 22.0 Å². The van der Waals surface area contributed by atoms with Gasteiger partial charge in [0.25, 0.3) is 0 Å². The van der Waals surface area contributed by atoms with Crippen LogP contribution in [0.5, 0.6) is 5.88 Å². The molecule has 1 heterocycles. The van der Waals surface area contributed by atoms with Crippen LogP contribution in [0.3, 0.4) is 0 Å². The van der Waals surface area contributed by atoms with Crippen LogP contribution >= 0.6 is 22.6 Å². The van der Waals surface area contributed by atoms with Crippen molar-refractivity contribution in [2.75, 3.05) is 18.1 Å². The normalized spacial score (nSPS) is 11.7. The van der Waals surface area contributed by atoms with Crippen LogP contribution in [0.1, 0.15) is 26.3 Å². The van der Waals surface area contributed by atoms with E-state index in [1.165, 1.54) is 0 Å². The van der Waals surface area contributed by atoms with Crippen molar-refractivity contribution in [2.24, 2.45) is 5.92 Å². The molecule has 0 amide bonds. The second kappa shape index (κ2) is 8.20. The summed E-state index contributed by atoms with van der Waals surface area (Å²) in [5, 5.41) is 0. The number of hydrogen-bond acceptors (Lipinski definition) is 4. The van der Waals surface area contributed by atoms with E-state index in [9.17, 15) is 13.2 Å². The fourth-order valence-electron chi connectivity index (χ4n) is 2.10. The summed E-state index contributed by atoms with van der Waals surface area (Å²) in [6, 6.07) is 7.58. The Morgan fingerprint density at radius 3 is 2.36 bits per heavy atom. The minimum absolute atomic E-state index is 0.0815. The van der Waals surface area contributed by atoms with Gasteiger partial charge in [-0.1, -0.05) is 13.8 Å². The van der Waals surface area contributed by atoms with Gasteiger partial charge in [-0.05, 0) is 59.7 Å². The van der Waals surface area contributed by atoms with E-state index in [-0.39, 0.29) is 18.5 Å². The van der Waals surface area contributed by atoms with Crippen molar-refractivity contribution in [3.8, 4) is 5.88 Å². The lowest BCUT2D eigenvalue weighted by Crippen LogP contribution is -2.21. The number of alkyl halides is 3. The van der Waals surface area contributed by atoms with Crippen molar-refractivity contribution in [3.05, 3.63) is 39.6 Å². The molecule has 1 aromatic carbocycles. The molecule has 0 saturated carbocycles. The zero-order valence-electron chi connectivity index (χ0n) is 14.1. The molecule has 0 N–H and O–H groups in total. The first-order valence-electron chi connectivity index (χ1n) is 7.82. The van der Waals surface area contributed by atoms with E-state index < -0.39 is 17.6 Å². The number of benzene rings is 1. The maximum atomic E-state index is 13.2. The van der Waals surface area contributed by atoms with Crippen LogP contribution in [0.25, 0.3) is 0 Å². The summed E-state index contributed by atoms with van der Waals surface area (Å²) < 4.78 is 45.9. The molecule has 2 aromatic rings. The number of ether oxygens (including phenoxy) is 1. The topological polar surface area (TPSA) is 38.2 Å². The van der Waals surface area contributed by atoms with Crippen molar-refractivity contribution in [2.45, 2.75) is 26.9 Å². The molecule has 8 heteroatoms. The maximum Gasteiger partial charge on any atom is 0.423 e. The highest BCUT2D eigenvalue weighted by Crippen LogP contribution is 2.36. The molecule has 1 aromatic heterocycles. The summed E-state index contributed by atoms with van der Waals surface area (Å²) in [5.41, 5.74) is -0.159. The van der Waals surface area contributed by atoms with Gasteiger partial charge in [-0.3, -0.25) is 0 Å². The smallest absolute Gasteiger partial charge is 0.423 e. The fourth-order valence-corrected chi connectivity index (χ4v) is 2.46. The maximum absolute atomic E-state index is 13.2. The Morgan fingerprint density at radius 2 is 1.84 bits per heavy atom. The molecule has 0 aliphatic rings. The molecule has 0 aliphatic heterocycles. The summed E-state index contributed by atoms with van der Waals surface area (Å²) in [6.07, 6.45) is -3.78. The van der Waals surface area contributed by atoms with E-state index in [4.69, 9.17) is 4.74 Å². The quantitative estimate of drug-likeness (QED) is 0.544. The number of anilines is 2. The average molecular weight is 465 g/mol. The van der Waals surface area contributed by atoms with Gasteiger partial charge in [-0.15, -0.1) is 0 Å². The number of hydrogen-bond donors (Lipinski definition) is 0. The van der Waals surface area contributed by atoms with Crippen LogP contribution in [0.15, 0.2) is 30.5 Å². The van der Waals surface area contributed by atoms with E-state index in [0.29, 0.717) is 6.54 Å². The second-order valence-electron chi connectivity index (χ2n) is 5.81. The highest BCUT2D eigenvalue weighted by atomic mass is 127. The molecule has 0 bridgehead atoms. The molecule has 136 valence electrons. The van der Waals surface area contributed by atoms with E-state index >= 15 is 0 Å². The first-order chi connectivity index (χ1) is 11.7. The predicted molar refractivity (Wildman–Crippen MR) is 99.2 cm³/mol. The van der Waals surface area contributed by atoms with E-state index in [0.717, 1.165) is 15.5 Å². The van der Waals surface area contributed by atoms with Gasteiger partial charge in [-0.2, -0.15) is 18.2 Å². The van der Waals surface area contributed by atoms with E-state index in [2.05, 4.69) is 32.6 Å². The van der Waals surface area contributed by atoms with Crippen molar-refractivity contribution in [1.82, 2.24) is 9.97 Å². The predicted octanol–water partition coefficient (Wildman–Crippen LogP) is 5.29. The van der Waals surface area contributed by atoms with Gasteiger partial charge in [0.1, 0.15) is 5.56 Å². The largest absolute Gasteiger partial charge is 0.477 e. The summed E-state index contributed by atoms with van der Waals surface area (Å²) in [7, 11) is 0. The SMILES string of the molecule is CCN(c1ccc(I)cc1)c1ncc(C(F)(F)F)c(OCC(C)C)n1. The number of halogens is 4. The molecular weight excluding hydrogens is 446 g/mol. The van der Waals surface area contributed by atoms with Crippen molar-refractivity contribution >= 4 is 34.2 Å². The van der Waals surface area contributed by atoms with E-state index in [1.54, 1.807) is 4.90 Å². The first kappa shape index (κ1) is 19.7. The van der Waals surface area contributed by atoms with Crippen molar-refractivity contribution in [1.29, 1.82) is 0 Å². The molecule has 0 unspecified atom stereocenters. The monoisotopic (exact) mass is 465 g/mol. The second-order valence-corrected chi connectivity index (χ2v) is 7.06. The minimum atomic E-state index is -4.56. The lowest BCUT2D eigenvalue weighted by Gasteiger charge is -2.22. The van der Waals surface area contributed by atoms with Crippen LogP contribution in [0.4, 0.5) is 24.8 Å². The fraction of sp³-hybridized carbons (Fsp3) is 0.412. The van der Waals surface area contributed by atoms with Crippen LogP contribution in [0, 0.1) is 9.49 Å². The van der Waals surface area contributed by atoms with Crippen molar-refractivity contribution in [3.63, 3.8) is 0 Å². The minimum Gasteiger partial charge on any atom is -0.477 e. The molecular formula is C17H19F3IN3O. The zero-order chi connectivity index (χ0) is 18.6.